The highest BCUT2D eigenvalue weighted by Gasteiger charge is 2.24. The number of amides is 2. The minimum Gasteiger partial charge on any atom is -0.478 e. The van der Waals surface area contributed by atoms with Crippen molar-refractivity contribution in [2.75, 3.05) is 49.5 Å². The van der Waals surface area contributed by atoms with Gasteiger partial charge in [-0.3, -0.25) is 9.69 Å². The molecule has 2 aromatic rings. The Kier molecular flexibility index (Phi) is 11.5. The van der Waals surface area contributed by atoms with Crippen molar-refractivity contribution < 1.29 is 19.1 Å². The van der Waals surface area contributed by atoms with Crippen LogP contribution in [0.3, 0.4) is 0 Å². The number of anilines is 2. The van der Waals surface area contributed by atoms with E-state index in [0.29, 0.717) is 33.9 Å². The number of alkyl carbamates (subject to hydrolysis) is 1. The van der Waals surface area contributed by atoms with Crippen LogP contribution in [0.25, 0.3) is 0 Å². The molecule has 9 nitrogen and oxygen atoms in total. The van der Waals surface area contributed by atoms with Gasteiger partial charge in [0.15, 0.2) is 0 Å². The van der Waals surface area contributed by atoms with Crippen molar-refractivity contribution in [3.8, 4) is 5.88 Å². The highest BCUT2D eigenvalue weighted by Crippen LogP contribution is 2.33. The van der Waals surface area contributed by atoms with Crippen molar-refractivity contribution in [2.45, 2.75) is 66.5 Å². The zero-order chi connectivity index (χ0) is 30.2. The molecule has 226 valence electrons. The number of rotatable bonds is 10. The third-order valence-electron chi connectivity index (χ3n) is 6.45. The molecule has 0 bridgehead atoms. The Morgan fingerprint density at radius 1 is 0.976 bits per heavy atom. The first kappa shape index (κ1) is 32.8. The number of nitrogens with one attached hydrogen (secondary N) is 2. The maximum Gasteiger partial charge on any atom is 0.407 e. The van der Waals surface area contributed by atoms with Crippen LogP contribution in [-0.4, -0.2) is 66.8 Å². The second kappa shape index (κ2) is 14.4. The van der Waals surface area contributed by atoms with Crippen molar-refractivity contribution in [1.82, 2.24) is 15.2 Å². The first-order valence-corrected chi connectivity index (χ1v) is 14.8. The van der Waals surface area contributed by atoms with Gasteiger partial charge in [0.05, 0.1) is 22.3 Å². The van der Waals surface area contributed by atoms with Crippen molar-refractivity contribution in [2.24, 2.45) is 5.41 Å². The van der Waals surface area contributed by atoms with Crippen molar-refractivity contribution in [3.63, 3.8) is 0 Å². The quantitative estimate of drug-likeness (QED) is 0.302. The van der Waals surface area contributed by atoms with Gasteiger partial charge in [-0.25, -0.2) is 4.79 Å². The minimum absolute atomic E-state index is 0.152. The third-order valence-corrected chi connectivity index (χ3v) is 7.26. The zero-order valence-corrected chi connectivity index (χ0v) is 26.5. The van der Waals surface area contributed by atoms with Crippen LogP contribution < -0.4 is 20.3 Å². The molecule has 1 fully saturated rings. The van der Waals surface area contributed by atoms with Gasteiger partial charge in [-0.15, -0.1) is 0 Å². The molecule has 2 heterocycles. The molecule has 1 aliphatic heterocycles. The number of benzene rings is 1. The van der Waals surface area contributed by atoms with Crippen LogP contribution in [0.15, 0.2) is 30.3 Å². The van der Waals surface area contributed by atoms with Gasteiger partial charge in [-0.05, 0) is 58.4 Å². The highest BCUT2D eigenvalue weighted by molar-refractivity contribution is 6.43. The van der Waals surface area contributed by atoms with Crippen molar-refractivity contribution in [1.29, 1.82) is 0 Å². The molecule has 1 aromatic heterocycles. The van der Waals surface area contributed by atoms with E-state index in [1.54, 1.807) is 32.9 Å². The number of carbonyl (C=O) groups is 2. The first-order valence-electron chi connectivity index (χ1n) is 14.1. The van der Waals surface area contributed by atoms with Crippen LogP contribution in [-0.2, 0) is 16.1 Å². The van der Waals surface area contributed by atoms with Crippen LogP contribution in [0.4, 0.5) is 16.3 Å². The molecule has 0 atom stereocenters. The van der Waals surface area contributed by atoms with Crippen LogP contribution in [0.1, 0.15) is 59.9 Å². The Morgan fingerprint density at radius 3 is 2.34 bits per heavy atom. The molecular weight excluding hydrogens is 565 g/mol. The van der Waals surface area contributed by atoms with E-state index in [9.17, 15) is 9.59 Å². The Hall–Kier alpha value is -2.75. The lowest BCUT2D eigenvalue weighted by atomic mass is 9.95. The van der Waals surface area contributed by atoms with Gasteiger partial charge in [0.2, 0.25) is 11.8 Å². The number of piperazine rings is 1. The first-order chi connectivity index (χ1) is 19.2. The maximum absolute atomic E-state index is 12.7. The third kappa shape index (κ3) is 10.5. The second-order valence-corrected chi connectivity index (χ2v) is 13.0. The van der Waals surface area contributed by atoms with Crippen molar-refractivity contribution in [3.05, 3.63) is 45.9 Å². The minimum atomic E-state index is -0.611. The van der Waals surface area contributed by atoms with Crippen LogP contribution in [0.2, 0.25) is 10.0 Å². The fraction of sp³-hybridized carbons (Fsp3) is 0.567. The van der Waals surface area contributed by atoms with Gasteiger partial charge in [0, 0.05) is 49.8 Å². The number of hydrogen-bond acceptors (Lipinski definition) is 7. The Bertz CT molecular complexity index is 1190. The maximum atomic E-state index is 12.7. The molecule has 0 spiro atoms. The van der Waals surface area contributed by atoms with E-state index < -0.39 is 17.1 Å². The van der Waals surface area contributed by atoms with Gasteiger partial charge in [0.25, 0.3) is 0 Å². The number of halogens is 2. The van der Waals surface area contributed by atoms with E-state index in [1.807, 2.05) is 39.0 Å². The summed E-state index contributed by atoms with van der Waals surface area (Å²) in [5.41, 5.74) is 0.423. The Morgan fingerprint density at radius 2 is 1.68 bits per heavy atom. The fourth-order valence-corrected chi connectivity index (χ4v) is 4.56. The fourth-order valence-electron chi connectivity index (χ4n) is 4.14. The lowest BCUT2D eigenvalue weighted by Crippen LogP contribution is -2.46. The average Bonchev–Trinajstić information content (AvgIpc) is 2.88. The molecule has 11 heteroatoms. The largest absolute Gasteiger partial charge is 0.478 e. The van der Waals surface area contributed by atoms with Gasteiger partial charge in [0.1, 0.15) is 11.4 Å². The topological polar surface area (TPSA) is 96.0 Å². The molecule has 1 saturated heterocycles. The van der Waals surface area contributed by atoms with E-state index in [-0.39, 0.29) is 12.5 Å². The van der Waals surface area contributed by atoms with Crippen molar-refractivity contribution >= 4 is 46.7 Å². The van der Waals surface area contributed by atoms with Crippen LogP contribution in [0.5, 0.6) is 5.88 Å². The van der Waals surface area contributed by atoms with E-state index in [1.165, 1.54) is 0 Å². The van der Waals surface area contributed by atoms with Gasteiger partial charge in [-0.2, -0.15) is 4.98 Å². The molecule has 0 aliphatic carbocycles. The Labute approximate surface area is 253 Å². The number of ether oxygens (including phenoxy) is 2. The molecule has 41 heavy (non-hydrogen) atoms. The number of aromatic nitrogens is 1. The molecular formula is C30H43Cl2N5O4. The standard InChI is InChI=1S/C30H43Cl2N5O4/c1-29(2,3)27(38)35-26-21(20-33-28(39)41-30(4,5)6)12-13-24(34-26)40-19-8-7-14-36-15-17-37(18-16-36)23-11-9-10-22(31)25(23)32/h9-13H,7-8,14-20H2,1-6H3,(H,33,39)(H,34,35,38). The monoisotopic (exact) mass is 607 g/mol. The SMILES string of the molecule is CC(C)(C)OC(=O)NCc1ccc(OCCCCN2CCN(c3cccc(Cl)c3Cl)CC2)nc1NC(=O)C(C)(C)C. The van der Waals surface area contributed by atoms with Crippen LogP contribution >= 0.6 is 23.2 Å². The molecule has 0 saturated carbocycles. The molecule has 3 rings (SSSR count). The number of pyridine rings is 1. The second-order valence-electron chi connectivity index (χ2n) is 12.2. The van der Waals surface area contributed by atoms with Gasteiger partial charge in [-0.1, -0.05) is 50.0 Å². The van der Waals surface area contributed by atoms with Gasteiger partial charge < -0.3 is 25.0 Å². The van der Waals surface area contributed by atoms with E-state index in [4.69, 9.17) is 32.7 Å². The summed E-state index contributed by atoms with van der Waals surface area (Å²) >= 11 is 12.6. The number of unbranched alkanes of at least 4 members (excludes halogenated alkanes) is 1. The van der Waals surface area contributed by atoms with E-state index in [0.717, 1.165) is 51.3 Å². The molecule has 2 N–H and O–H groups in total. The molecule has 0 radical (unpaired) electrons. The molecule has 1 aromatic carbocycles. The summed E-state index contributed by atoms with van der Waals surface area (Å²) in [4.78, 5) is 34.1. The highest BCUT2D eigenvalue weighted by atomic mass is 35.5. The summed E-state index contributed by atoms with van der Waals surface area (Å²) in [6.45, 7) is 16.2. The number of nitrogens with zero attached hydrogens (tertiary/aromatic N) is 3. The van der Waals surface area contributed by atoms with E-state index >= 15 is 0 Å². The predicted octanol–water partition coefficient (Wildman–Crippen LogP) is 6.38. The smallest absolute Gasteiger partial charge is 0.407 e. The summed E-state index contributed by atoms with van der Waals surface area (Å²) in [6.07, 6.45) is 1.32. The average molecular weight is 609 g/mol. The Balaban J connectivity index is 1.48. The van der Waals surface area contributed by atoms with Gasteiger partial charge >= 0.3 is 6.09 Å². The summed E-state index contributed by atoms with van der Waals surface area (Å²) in [7, 11) is 0. The number of hydrogen-bond donors (Lipinski definition) is 2. The number of carbonyl (C=O) groups excluding carboxylic acids is 2. The molecule has 1 aliphatic rings. The van der Waals surface area contributed by atoms with Crippen LogP contribution in [0, 0.1) is 5.41 Å². The summed E-state index contributed by atoms with van der Waals surface area (Å²) in [5, 5.41) is 6.80. The molecule has 2 amide bonds. The normalized spacial score (nSPS) is 14.5. The lowest BCUT2D eigenvalue weighted by molar-refractivity contribution is -0.123. The summed E-state index contributed by atoms with van der Waals surface area (Å²) < 4.78 is 11.2. The summed E-state index contributed by atoms with van der Waals surface area (Å²) in [6, 6.07) is 9.30. The summed E-state index contributed by atoms with van der Waals surface area (Å²) in [5.74, 6) is 0.594. The van der Waals surface area contributed by atoms with E-state index in [2.05, 4.69) is 25.4 Å². The predicted molar refractivity (Wildman–Crippen MR) is 165 cm³/mol. The molecule has 0 unspecified atom stereocenters. The lowest BCUT2D eigenvalue weighted by Gasteiger charge is -2.36. The zero-order valence-electron chi connectivity index (χ0n) is 25.0.